The third-order valence-corrected chi connectivity index (χ3v) is 6.39. The number of aromatic nitrogens is 3. The normalized spacial score (nSPS) is 14.2. The predicted octanol–water partition coefficient (Wildman–Crippen LogP) is 4.90. The molecule has 0 amide bonds. The van der Waals surface area contributed by atoms with Crippen molar-refractivity contribution in [1.82, 2.24) is 19.9 Å². The molecule has 5 rings (SSSR count). The van der Waals surface area contributed by atoms with Crippen molar-refractivity contribution < 1.29 is 9.84 Å². The van der Waals surface area contributed by atoms with Gasteiger partial charge in [-0.15, -0.1) is 0 Å². The number of aromatic hydroxyl groups is 1. The summed E-state index contributed by atoms with van der Waals surface area (Å²) in [7, 11) is 1.66. The van der Waals surface area contributed by atoms with Crippen LogP contribution in [0.5, 0.6) is 11.5 Å². The monoisotopic (exact) mass is 487 g/mol. The van der Waals surface area contributed by atoms with Gasteiger partial charge in [-0.05, 0) is 48.0 Å². The van der Waals surface area contributed by atoms with Gasteiger partial charge >= 0.3 is 0 Å². The Morgan fingerprint density at radius 1 is 0.971 bits per heavy atom. The number of halogens is 1. The van der Waals surface area contributed by atoms with Gasteiger partial charge in [-0.25, -0.2) is 9.97 Å². The van der Waals surface area contributed by atoms with Crippen LogP contribution in [0.3, 0.4) is 0 Å². The van der Waals surface area contributed by atoms with E-state index < -0.39 is 0 Å². The van der Waals surface area contributed by atoms with Crippen LogP contribution in [0.15, 0.2) is 73.1 Å². The SMILES string of the molecule is COc1cccc(-c2cnc(-c3ccccn3)nc2N2CCN(Cc3cc(Cl)ccc3O)CC2)c1. The van der Waals surface area contributed by atoms with Crippen LogP contribution in [-0.4, -0.2) is 58.2 Å². The summed E-state index contributed by atoms with van der Waals surface area (Å²) in [5.41, 5.74) is 3.52. The number of ether oxygens (including phenoxy) is 1. The second kappa shape index (κ2) is 10.3. The third-order valence-electron chi connectivity index (χ3n) is 6.15. The molecule has 1 saturated heterocycles. The fraction of sp³-hybridized carbons (Fsp3) is 0.222. The minimum Gasteiger partial charge on any atom is -0.508 e. The van der Waals surface area contributed by atoms with E-state index in [4.69, 9.17) is 21.3 Å². The number of phenolic OH excluding ortho intramolecular Hbond substituents is 1. The second-order valence-corrected chi connectivity index (χ2v) is 8.85. The molecular weight excluding hydrogens is 462 g/mol. The zero-order valence-corrected chi connectivity index (χ0v) is 20.2. The highest BCUT2D eigenvalue weighted by molar-refractivity contribution is 6.30. The number of methoxy groups -OCH3 is 1. The van der Waals surface area contributed by atoms with Crippen molar-refractivity contribution in [3.63, 3.8) is 0 Å². The summed E-state index contributed by atoms with van der Waals surface area (Å²) >= 11 is 6.13. The Labute approximate surface area is 209 Å². The van der Waals surface area contributed by atoms with Crippen molar-refractivity contribution in [3.8, 4) is 34.1 Å². The Balaban J connectivity index is 1.43. The Bertz CT molecular complexity index is 1310. The van der Waals surface area contributed by atoms with Gasteiger partial charge in [-0.3, -0.25) is 9.88 Å². The van der Waals surface area contributed by atoms with E-state index in [0.29, 0.717) is 17.4 Å². The van der Waals surface area contributed by atoms with Crippen LogP contribution in [-0.2, 0) is 6.54 Å². The number of nitrogens with zero attached hydrogens (tertiary/aromatic N) is 5. The van der Waals surface area contributed by atoms with Crippen LogP contribution in [0.1, 0.15) is 5.56 Å². The summed E-state index contributed by atoms with van der Waals surface area (Å²) in [5.74, 6) is 2.53. The first-order valence-corrected chi connectivity index (χ1v) is 11.9. The first kappa shape index (κ1) is 23.1. The van der Waals surface area contributed by atoms with Gasteiger partial charge in [-0.2, -0.15) is 0 Å². The fourth-order valence-corrected chi connectivity index (χ4v) is 4.46. The summed E-state index contributed by atoms with van der Waals surface area (Å²) in [4.78, 5) is 18.6. The molecule has 7 nitrogen and oxygen atoms in total. The molecule has 8 heteroatoms. The molecule has 2 aromatic carbocycles. The Kier molecular flexibility index (Phi) is 6.79. The number of rotatable bonds is 6. The standard InChI is InChI=1S/C27H26ClN5O2/c1-35-22-6-4-5-19(16-22)23-17-30-26(24-7-2-3-10-29-24)31-27(23)33-13-11-32(12-14-33)18-20-15-21(28)8-9-25(20)34/h2-10,15-17,34H,11-14,18H2,1H3. The molecular formula is C27H26ClN5O2. The maximum absolute atomic E-state index is 10.2. The summed E-state index contributed by atoms with van der Waals surface area (Å²) < 4.78 is 5.44. The lowest BCUT2D eigenvalue weighted by molar-refractivity contribution is 0.246. The molecule has 1 fully saturated rings. The van der Waals surface area contributed by atoms with Gasteiger partial charge in [0.05, 0.1) is 7.11 Å². The Hall–Kier alpha value is -3.68. The molecule has 178 valence electrons. The van der Waals surface area contributed by atoms with Crippen molar-refractivity contribution in [2.75, 3.05) is 38.2 Å². The van der Waals surface area contributed by atoms with Crippen molar-refractivity contribution in [2.45, 2.75) is 6.54 Å². The maximum Gasteiger partial charge on any atom is 0.180 e. The number of hydrogen-bond donors (Lipinski definition) is 1. The van der Waals surface area contributed by atoms with Gasteiger partial charge in [0.2, 0.25) is 0 Å². The highest BCUT2D eigenvalue weighted by Crippen LogP contribution is 2.33. The third kappa shape index (κ3) is 5.21. The molecule has 0 aliphatic carbocycles. The van der Waals surface area contributed by atoms with Crippen LogP contribution < -0.4 is 9.64 Å². The van der Waals surface area contributed by atoms with Gasteiger partial charge in [0.1, 0.15) is 23.0 Å². The molecule has 0 saturated carbocycles. The van der Waals surface area contributed by atoms with E-state index >= 15 is 0 Å². The minimum absolute atomic E-state index is 0.271. The zero-order valence-electron chi connectivity index (χ0n) is 19.4. The van der Waals surface area contributed by atoms with E-state index in [1.807, 2.05) is 54.7 Å². The molecule has 0 bridgehead atoms. The van der Waals surface area contributed by atoms with E-state index in [2.05, 4.69) is 19.8 Å². The van der Waals surface area contributed by atoms with E-state index in [1.54, 1.807) is 25.4 Å². The Morgan fingerprint density at radius 3 is 2.60 bits per heavy atom. The number of phenols is 1. The molecule has 3 heterocycles. The van der Waals surface area contributed by atoms with Gasteiger partial charge in [0, 0.05) is 61.3 Å². The van der Waals surface area contributed by atoms with E-state index in [-0.39, 0.29) is 5.75 Å². The van der Waals surface area contributed by atoms with Crippen LogP contribution in [0.2, 0.25) is 5.02 Å². The number of piperazine rings is 1. The Morgan fingerprint density at radius 2 is 1.83 bits per heavy atom. The van der Waals surface area contributed by atoms with E-state index in [1.165, 1.54) is 0 Å². The fourth-order valence-electron chi connectivity index (χ4n) is 4.27. The lowest BCUT2D eigenvalue weighted by atomic mass is 10.1. The highest BCUT2D eigenvalue weighted by Gasteiger charge is 2.23. The average Bonchev–Trinajstić information content (AvgIpc) is 2.91. The van der Waals surface area contributed by atoms with Crippen molar-refractivity contribution in [1.29, 1.82) is 0 Å². The number of anilines is 1. The van der Waals surface area contributed by atoms with Crippen LogP contribution in [0.25, 0.3) is 22.6 Å². The summed E-state index contributed by atoms with van der Waals surface area (Å²) in [5, 5.41) is 10.8. The number of pyridine rings is 1. The van der Waals surface area contributed by atoms with Gasteiger partial charge in [-0.1, -0.05) is 29.8 Å². The minimum atomic E-state index is 0.271. The van der Waals surface area contributed by atoms with Gasteiger partial charge in [0.25, 0.3) is 0 Å². The lowest BCUT2D eigenvalue weighted by Gasteiger charge is -2.36. The smallest absolute Gasteiger partial charge is 0.180 e. The summed E-state index contributed by atoms with van der Waals surface area (Å²) in [6.07, 6.45) is 3.62. The molecule has 35 heavy (non-hydrogen) atoms. The highest BCUT2D eigenvalue weighted by atomic mass is 35.5. The van der Waals surface area contributed by atoms with Crippen LogP contribution in [0.4, 0.5) is 5.82 Å². The molecule has 2 aromatic heterocycles. The van der Waals surface area contributed by atoms with Crippen molar-refractivity contribution >= 4 is 17.4 Å². The lowest BCUT2D eigenvalue weighted by Crippen LogP contribution is -2.46. The molecule has 0 spiro atoms. The van der Waals surface area contributed by atoms with Gasteiger partial charge in [0.15, 0.2) is 5.82 Å². The average molecular weight is 488 g/mol. The molecule has 1 aliphatic heterocycles. The zero-order chi connectivity index (χ0) is 24.2. The largest absolute Gasteiger partial charge is 0.508 e. The van der Waals surface area contributed by atoms with Crippen molar-refractivity contribution in [2.24, 2.45) is 0 Å². The summed E-state index contributed by atoms with van der Waals surface area (Å²) in [6.45, 7) is 3.87. The molecule has 0 unspecified atom stereocenters. The molecule has 1 N–H and O–H groups in total. The van der Waals surface area contributed by atoms with Crippen LogP contribution >= 0.6 is 11.6 Å². The topological polar surface area (TPSA) is 74.6 Å². The van der Waals surface area contributed by atoms with Crippen molar-refractivity contribution in [3.05, 3.63) is 83.6 Å². The molecule has 1 aliphatic rings. The molecule has 4 aromatic rings. The van der Waals surface area contributed by atoms with Gasteiger partial charge < -0.3 is 14.7 Å². The molecule has 0 atom stereocenters. The quantitative estimate of drug-likeness (QED) is 0.414. The second-order valence-electron chi connectivity index (χ2n) is 8.41. The molecule has 0 radical (unpaired) electrons. The summed E-state index contributed by atoms with van der Waals surface area (Å²) in [6, 6.07) is 18.9. The van der Waals surface area contributed by atoms with Crippen LogP contribution in [0, 0.1) is 0 Å². The first-order valence-electron chi connectivity index (χ1n) is 11.5. The van der Waals surface area contributed by atoms with E-state index in [0.717, 1.165) is 60.1 Å². The maximum atomic E-state index is 10.2. The van der Waals surface area contributed by atoms with E-state index in [9.17, 15) is 5.11 Å². The number of benzene rings is 2. The number of hydrogen-bond acceptors (Lipinski definition) is 7. The first-order chi connectivity index (χ1) is 17.1. The predicted molar refractivity (Wildman–Crippen MR) is 138 cm³/mol.